The van der Waals surface area contributed by atoms with Crippen molar-refractivity contribution in [3.63, 3.8) is 0 Å². The minimum Gasteiger partial charge on any atom is -0.380 e. The van der Waals surface area contributed by atoms with Gasteiger partial charge in [0.2, 0.25) is 0 Å². The molecule has 0 saturated heterocycles. The molecular weight excluding hydrogens is 182 g/mol. The largest absolute Gasteiger partial charge is 0.380 e. The van der Waals surface area contributed by atoms with Gasteiger partial charge in [0, 0.05) is 6.61 Å². The Labute approximate surface area is 83.9 Å². The van der Waals surface area contributed by atoms with Gasteiger partial charge < -0.3 is 10.1 Å². The standard InChI is InChI=1S/C10H17NOS/c1-3-11-10(7-12-4-2)9-5-6-13-8-9/h5-6,8,10-11H,3-4,7H2,1-2H3. The SMILES string of the molecule is CCNC(COCC)c1ccsc1. The van der Waals surface area contributed by atoms with Gasteiger partial charge in [-0.15, -0.1) is 0 Å². The predicted octanol–water partition coefficient (Wildman–Crippen LogP) is 2.44. The average molecular weight is 199 g/mol. The predicted molar refractivity (Wildman–Crippen MR) is 57.2 cm³/mol. The summed E-state index contributed by atoms with van der Waals surface area (Å²) in [6.07, 6.45) is 0. The van der Waals surface area contributed by atoms with E-state index in [2.05, 4.69) is 29.1 Å². The summed E-state index contributed by atoms with van der Waals surface area (Å²) in [5.74, 6) is 0. The zero-order valence-electron chi connectivity index (χ0n) is 8.25. The van der Waals surface area contributed by atoms with Crippen LogP contribution in [0.25, 0.3) is 0 Å². The number of likely N-dealkylation sites (N-methyl/N-ethyl adjacent to an activating group) is 1. The van der Waals surface area contributed by atoms with E-state index in [0.717, 1.165) is 19.8 Å². The first-order valence-corrected chi connectivity index (χ1v) is 5.66. The van der Waals surface area contributed by atoms with E-state index in [1.165, 1.54) is 5.56 Å². The molecule has 1 aromatic rings. The monoisotopic (exact) mass is 199 g/mol. The quantitative estimate of drug-likeness (QED) is 0.760. The van der Waals surface area contributed by atoms with Crippen LogP contribution in [0.4, 0.5) is 0 Å². The van der Waals surface area contributed by atoms with Crippen LogP contribution < -0.4 is 5.32 Å². The first-order chi connectivity index (χ1) is 6.38. The van der Waals surface area contributed by atoms with Crippen molar-refractivity contribution in [1.29, 1.82) is 0 Å². The maximum absolute atomic E-state index is 5.41. The minimum absolute atomic E-state index is 0.358. The van der Waals surface area contributed by atoms with E-state index in [4.69, 9.17) is 4.74 Å². The van der Waals surface area contributed by atoms with Crippen LogP contribution in [-0.4, -0.2) is 19.8 Å². The van der Waals surface area contributed by atoms with Gasteiger partial charge in [-0.2, -0.15) is 11.3 Å². The molecule has 1 rings (SSSR count). The lowest BCUT2D eigenvalue weighted by molar-refractivity contribution is 0.123. The Morgan fingerprint density at radius 2 is 2.38 bits per heavy atom. The Hall–Kier alpha value is -0.380. The summed E-state index contributed by atoms with van der Waals surface area (Å²) in [5, 5.41) is 7.68. The minimum atomic E-state index is 0.358. The van der Waals surface area contributed by atoms with Crippen molar-refractivity contribution < 1.29 is 4.74 Å². The van der Waals surface area contributed by atoms with E-state index < -0.39 is 0 Å². The molecule has 0 amide bonds. The zero-order valence-corrected chi connectivity index (χ0v) is 9.06. The number of rotatable bonds is 6. The molecule has 0 aromatic carbocycles. The summed E-state index contributed by atoms with van der Waals surface area (Å²) in [5.41, 5.74) is 1.33. The van der Waals surface area contributed by atoms with Crippen molar-refractivity contribution >= 4 is 11.3 Å². The van der Waals surface area contributed by atoms with E-state index in [1.54, 1.807) is 11.3 Å². The average Bonchev–Trinajstić information content (AvgIpc) is 2.65. The maximum atomic E-state index is 5.41. The van der Waals surface area contributed by atoms with Crippen LogP contribution in [0.2, 0.25) is 0 Å². The highest BCUT2D eigenvalue weighted by Gasteiger charge is 2.09. The number of ether oxygens (including phenoxy) is 1. The van der Waals surface area contributed by atoms with E-state index in [-0.39, 0.29) is 0 Å². The molecule has 0 saturated carbocycles. The summed E-state index contributed by atoms with van der Waals surface area (Å²) >= 11 is 1.73. The van der Waals surface area contributed by atoms with Gasteiger partial charge in [-0.1, -0.05) is 6.92 Å². The molecule has 0 bridgehead atoms. The molecule has 1 N–H and O–H groups in total. The van der Waals surface area contributed by atoms with Crippen LogP contribution in [0.15, 0.2) is 16.8 Å². The number of hydrogen-bond acceptors (Lipinski definition) is 3. The molecule has 1 heterocycles. The highest BCUT2D eigenvalue weighted by atomic mass is 32.1. The lowest BCUT2D eigenvalue weighted by Gasteiger charge is -2.16. The van der Waals surface area contributed by atoms with Crippen molar-refractivity contribution in [2.45, 2.75) is 19.9 Å². The third kappa shape index (κ3) is 3.46. The van der Waals surface area contributed by atoms with Crippen molar-refractivity contribution in [2.75, 3.05) is 19.8 Å². The van der Waals surface area contributed by atoms with E-state index in [1.807, 2.05) is 6.92 Å². The number of hydrogen-bond donors (Lipinski definition) is 1. The third-order valence-corrected chi connectivity index (χ3v) is 2.59. The van der Waals surface area contributed by atoms with Crippen LogP contribution in [0.5, 0.6) is 0 Å². The second-order valence-corrected chi connectivity index (χ2v) is 3.61. The van der Waals surface area contributed by atoms with Gasteiger partial charge in [-0.25, -0.2) is 0 Å². The first-order valence-electron chi connectivity index (χ1n) is 4.71. The van der Waals surface area contributed by atoms with Gasteiger partial charge in [0.05, 0.1) is 12.6 Å². The van der Waals surface area contributed by atoms with Crippen molar-refractivity contribution in [3.8, 4) is 0 Å². The number of thiophene rings is 1. The molecule has 3 heteroatoms. The molecule has 0 aliphatic rings. The fourth-order valence-electron chi connectivity index (χ4n) is 1.23. The molecule has 0 aliphatic heterocycles. The second kappa shape index (κ2) is 6.13. The van der Waals surface area contributed by atoms with Crippen molar-refractivity contribution in [3.05, 3.63) is 22.4 Å². The van der Waals surface area contributed by atoms with E-state index >= 15 is 0 Å². The third-order valence-electron chi connectivity index (χ3n) is 1.88. The van der Waals surface area contributed by atoms with Crippen molar-refractivity contribution in [1.82, 2.24) is 5.32 Å². The highest BCUT2D eigenvalue weighted by molar-refractivity contribution is 7.07. The molecule has 74 valence electrons. The molecular formula is C10H17NOS. The Balaban J connectivity index is 2.47. The molecule has 1 aromatic heterocycles. The van der Waals surface area contributed by atoms with Gasteiger partial charge in [0.1, 0.15) is 0 Å². The smallest absolute Gasteiger partial charge is 0.0661 e. The molecule has 0 spiro atoms. The Bertz CT molecular complexity index is 211. The summed E-state index contributed by atoms with van der Waals surface area (Å²) in [6, 6.07) is 2.51. The van der Waals surface area contributed by atoms with Gasteiger partial charge in [0.15, 0.2) is 0 Å². The van der Waals surface area contributed by atoms with Crippen LogP contribution >= 0.6 is 11.3 Å². The molecule has 2 nitrogen and oxygen atoms in total. The van der Waals surface area contributed by atoms with E-state index in [0.29, 0.717) is 6.04 Å². The van der Waals surface area contributed by atoms with Gasteiger partial charge in [-0.05, 0) is 35.9 Å². The second-order valence-electron chi connectivity index (χ2n) is 2.83. The molecule has 0 radical (unpaired) electrons. The van der Waals surface area contributed by atoms with Gasteiger partial charge in [0.25, 0.3) is 0 Å². The fraction of sp³-hybridized carbons (Fsp3) is 0.600. The molecule has 1 unspecified atom stereocenters. The van der Waals surface area contributed by atoms with Gasteiger partial charge in [-0.3, -0.25) is 0 Å². The molecule has 1 atom stereocenters. The lowest BCUT2D eigenvalue weighted by atomic mass is 10.1. The van der Waals surface area contributed by atoms with Crippen LogP contribution in [0, 0.1) is 0 Å². The van der Waals surface area contributed by atoms with E-state index in [9.17, 15) is 0 Å². The number of nitrogens with one attached hydrogen (secondary N) is 1. The Kier molecular flexibility index (Phi) is 5.05. The zero-order chi connectivity index (χ0) is 9.52. The van der Waals surface area contributed by atoms with Crippen LogP contribution in [0.3, 0.4) is 0 Å². The highest BCUT2D eigenvalue weighted by Crippen LogP contribution is 2.16. The lowest BCUT2D eigenvalue weighted by Crippen LogP contribution is -2.24. The normalized spacial score (nSPS) is 13.1. The fourth-order valence-corrected chi connectivity index (χ4v) is 1.94. The topological polar surface area (TPSA) is 21.3 Å². The summed E-state index contributed by atoms with van der Waals surface area (Å²) < 4.78 is 5.41. The van der Waals surface area contributed by atoms with Crippen LogP contribution in [-0.2, 0) is 4.74 Å². The molecule has 0 aliphatic carbocycles. The summed E-state index contributed by atoms with van der Waals surface area (Å²) in [7, 11) is 0. The Morgan fingerprint density at radius 1 is 1.54 bits per heavy atom. The first kappa shape index (κ1) is 10.7. The maximum Gasteiger partial charge on any atom is 0.0661 e. The summed E-state index contributed by atoms with van der Waals surface area (Å²) in [6.45, 7) is 6.67. The Morgan fingerprint density at radius 3 is 2.92 bits per heavy atom. The summed E-state index contributed by atoms with van der Waals surface area (Å²) in [4.78, 5) is 0. The molecule has 13 heavy (non-hydrogen) atoms. The molecule has 0 fully saturated rings. The van der Waals surface area contributed by atoms with Crippen LogP contribution in [0.1, 0.15) is 25.5 Å². The van der Waals surface area contributed by atoms with Gasteiger partial charge >= 0.3 is 0 Å². The van der Waals surface area contributed by atoms with Crippen molar-refractivity contribution in [2.24, 2.45) is 0 Å².